The van der Waals surface area contributed by atoms with Gasteiger partial charge in [-0.3, -0.25) is 10.1 Å². The van der Waals surface area contributed by atoms with Crippen LogP contribution in [0.1, 0.15) is 47.1 Å². The number of aromatic nitrogens is 1. The van der Waals surface area contributed by atoms with Crippen molar-refractivity contribution in [2.24, 2.45) is 0 Å². The molecule has 0 aromatic carbocycles. The van der Waals surface area contributed by atoms with E-state index >= 15 is 0 Å². The Hall–Kier alpha value is -2.71. The minimum Gasteiger partial charge on any atom is -0.443 e. The molecule has 1 rings (SSSR count). The van der Waals surface area contributed by atoms with Gasteiger partial charge in [-0.15, -0.1) is 0 Å². The number of pyridine rings is 1. The van der Waals surface area contributed by atoms with E-state index in [0.717, 1.165) is 6.20 Å². The first-order valence-corrected chi connectivity index (χ1v) is 7.58. The normalized spacial score (nSPS) is 11.6. The quantitative estimate of drug-likeness (QED) is 0.584. The van der Waals surface area contributed by atoms with Crippen molar-refractivity contribution < 1.29 is 24.0 Å². The van der Waals surface area contributed by atoms with Crippen molar-refractivity contribution in [1.29, 1.82) is 0 Å². The van der Waals surface area contributed by atoms with Gasteiger partial charge in [0, 0.05) is 5.56 Å². The van der Waals surface area contributed by atoms with E-state index in [-0.39, 0.29) is 17.1 Å². The van der Waals surface area contributed by atoms with E-state index in [9.17, 15) is 19.7 Å². The summed E-state index contributed by atoms with van der Waals surface area (Å²) in [5.74, 6) is -0.119. The van der Waals surface area contributed by atoms with E-state index in [1.807, 2.05) is 0 Å². The van der Waals surface area contributed by atoms with Gasteiger partial charge in [-0.25, -0.2) is 14.6 Å². The van der Waals surface area contributed by atoms with Crippen molar-refractivity contribution in [2.45, 2.75) is 59.7 Å². The van der Waals surface area contributed by atoms with Crippen LogP contribution >= 0.6 is 0 Å². The van der Waals surface area contributed by atoms with Gasteiger partial charge in [-0.2, -0.15) is 4.90 Å². The lowest BCUT2D eigenvalue weighted by atomic mass is 10.2. The third-order valence-corrected chi connectivity index (χ3v) is 2.65. The standard InChI is InChI=1S/C16H23N3O6/c1-10-8-12(17-9-11(10)19(22)23)18(13(20)24-15(2,3)4)14(21)25-16(5,6)7/h8-9H,1-7H3. The molecule has 0 saturated heterocycles. The molecule has 1 aromatic rings. The van der Waals surface area contributed by atoms with Crippen LogP contribution in [-0.4, -0.2) is 33.3 Å². The van der Waals surface area contributed by atoms with Crippen LogP contribution in [0.3, 0.4) is 0 Å². The molecule has 0 fully saturated rings. The van der Waals surface area contributed by atoms with Crippen LogP contribution in [0.15, 0.2) is 12.3 Å². The first-order chi connectivity index (χ1) is 11.2. The first kappa shape index (κ1) is 20.3. The number of amides is 2. The Bertz CT molecular complexity index is 660. The smallest absolute Gasteiger partial charge is 0.425 e. The molecule has 0 aliphatic heterocycles. The summed E-state index contributed by atoms with van der Waals surface area (Å²) in [6.07, 6.45) is -0.989. The van der Waals surface area contributed by atoms with E-state index in [1.54, 1.807) is 41.5 Å². The zero-order valence-electron chi connectivity index (χ0n) is 15.4. The van der Waals surface area contributed by atoms with Gasteiger partial charge >= 0.3 is 12.2 Å². The summed E-state index contributed by atoms with van der Waals surface area (Å²) >= 11 is 0. The van der Waals surface area contributed by atoms with Gasteiger partial charge in [0.1, 0.15) is 23.2 Å². The number of carbonyl (C=O) groups excluding carboxylic acids is 2. The number of rotatable bonds is 2. The molecule has 25 heavy (non-hydrogen) atoms. The largest absolute Gasteiger partial charge is 0.443 e. The molecule has 0 N–H and O–H groups in total. The van der Waals surface area contributed by atoms with Crippen LogP contribution in [0.2, 0.25) is 0 Å². The number of nitro groups is 1. The average molecular weight is 353 g/mol. The maximum Gasteiger partial charge on any atom is 0.425 e. The van der Waals surface area contributed by atoms with Crippen molar-refractivity contribution >= 4 is 23.7 Å². The molecular weight excluding hydrogens is 330 g/mol. The monoisotopic (exact) mass is 353 g/mol. The minimum absolute atomic E-state index is 0.119. The molecular formula is C16H23N3O6. The summed E-state index contributed by atoms with van der Waals surface area (Å²) in [6, 6.07) is 1.26. The molecule has 138 valence electrons. The minimum atomic E-state index is -0.984. The number of carbonyl (C=O) groups is 2. The molecule has 9 heteroatoms. The highest BCUT2D eigenvalue weighted by molar-refractivity contribution is 6.08. The van der Waals surface area contributed by atoms with Gasteiger partial charge < -0.3 is 9.47 Å². The molecule has 0 aliphatic rings. The summed E-state index contributed by atoms with van der Waals surface area (Å²) in [5, 5.41) is 10.9. The number of nitrogens with zero attached hydrogens (tertiary/aromatic N) is 3. The van der Waals surface area contributed by atoms with Crippen molar-refractivity contribution in [3.8, 4) is 0 Å². The van der Waals surface area contributed by atoms with Crippen LogP contribution in [0.4, 0.5) is 21.1 Å². The van der Waals surface area contributed by atoms with Crippen molar-refractivity contribution in [3.05, 3.63) is 27.9 Å². The third kappa shape index (κ3) is 6.02. The van der Waals surface area contributed by atoms with Gasteiger partial charge in [0.2, 0.25) is 0 Å². The molecule has 1 aromatic heterocycles. The van der Waals surface area contributed by atoms with Crippen molar-refractivity contribution in [2.75, 3.05) is 4.90 Å². The Kier molecular flexibility index (Phi) is 5.72. The molecule has 0 unspecified atom stereocenters. The van der Waals surface area contributed by atoms with Crippen molar-refractivity contribution in [1.82, 2.24) is 4.98 Å². The highest BCUT2D eigenvalue weighted by Gasteiger charge is 2.34. The molecule has 0 aliphatic carbocycles. The summed E-state index contributed by atoms with van der Waals surface area (Å²) in [7, 11) is 0. The molecule has 1 heterocycles. The number of hydrogen-bond donors (Lipinski definition) is 0. The zero-order valence-corrected chi connectivity index (χ0v) is 15.4. The fraction of sp³-hybridized carbons (Fsp3) is 0.562. The van der Waals surface area contributed by atoms with Crippen LogP contribution in [-0.2, 0) is 9.47 Å². The van der Waals surface area contributed by atoms with Crippen LogP contribution in [0.5, 0.6) is 0 Å². The van der Waals surface area contributed by atoms with Gasteiger partial charge in [-0.05, 0) is 54.5 Å². The average Bonchev–Trinajstić information content (AvgIpc) is 2.33. The summed E-state index contributed by atoms with van der Waals surface area (Å²) in [5.41, 5.74) is -1.69. The fourth-order valence-corrected chi connectivity index (χ4v) is 1.72. The number of imide groups is 1. The maximum atomic E-state index is 12.4. The summed E-state index contributed by atoms with van der Waals surface area (Å²) in [6.45, 7) is 11.4. The van der Waals surface area contributed by atoms with Crippen LogP contribution < -0.4 is 4.90 Å². The van der Waals surface area contributed by atoms with E-state index in [4.69, 9.17) is 9.47 Å². The highest BCUT2D eigenvalue weighted by atomic mass is 16.6. The number of hydrogen-bond acceptors (Lipinski definition) is 7. The second-order valence-corrected chi connectivity index (χ2v) is 7.38. The number of ether oxygens (including phenoxy) is 2. The lowest BCUT2D eigenvalue weighted by Gasteiger charge is -2.28. The predicted octanol–water partition coefficient (Wildman–Crippen LogP) is 3.97. The third-order valence-electron chi connectivity index (χ3n) is 2.65. The first-order valence-electron chi connectivity index (χ1n) is 7.58. The predicted molar refractivity (Wildman–Crippen MR) is 90.6 cm³/mol. The van der Waals surface area contributed by atoms with Gasteiger partial charge in [0.15, 0.2) is 0 Å². The second-order valence-electron chi connectivity index (χ2n) is 7.38. The van der Waals surface area contributed by atoms with Gasteiger partial charge in [0.25, 0.3) is 5.69 Å². The Balaban J connectivity index is 3.31. The number of aryl methyl sites for hydroxylation is 1. The van der Waals surface area contributed by atoms with E-state index in [1.165, 1.54) is 13.0 Å². The second kappa shape index (κ2) is 7.04. The fourth-order valence-electron chi connectivity index (χ4n) is 1.72. The topological polar surface area (TPSA) is 112 Å². The summed E-state index contributed by atoms with van der Waals surface area (Å²) in [4.78, 5) is 39.7. The Morgan fingerprint density at radius 1 is 1.08 bits per heavy atom. The number of anilines is 1. The van der Waals surface area contributed by atoms with Crippen molar-refractivity contribution in [3.63, 3.8) is 0 Å². The summed E-state index contributed by atoms with van der Waals surface area (Å²) < 4.78 is 10.4. The SMILES string of the molecule is Cc1cc(N(C(=O)OC(C)(C)C)C(=O)OC(C)(C)C)ncc1[N+](=O)[O-]. The lowest BCUT2D eigenvalue weighted by Crippen LogP contribution is -2.44. The molecule has 2 amide bonds. The highest BCUT2D eigenvalue weighted by Crippen LogP contribution is 2.24. The molecule has 9 nitrogen and oxygen atoms in total. The molecule has 0 spiro atoms. The molecule has 0 radical (unpaired) electrons. The zero-order chi connectivity index (χ0) is 19.6. The molecule has 0 atom stereocenters. The Morgan fingerprint density at radius 3 is 1.84 bits per heavy atom. The maximum absolute atomic E-state index is 12.4. The van der Waals surface area contributed by atoms with E-state index in [0.29, 0.717) is 4.90 Å². The van der Waals surface area contributed by atoms with Crippen LogP contribution in [0, 0.1) is 17.0 Å². The Morgan fingerprint density at radius 2 is 1.52 bits per heavy atom. The Labute approximate surface area is 146 Å². The molecule has 0 saturated carbocycles. The van der Waals surface area contributed by atoms with E-state index < -0.39 is 28.3 Å². The van der Waals surface area contributed by atoms with Gasteiger partial charge in [0.05, 0.1) is 4.92 Å². The lowest BCUT2D eigenvalue weighted by molar-refractivity contribution is -0.385. The van der Waals surface area contributed by atoms with Gasteiger partial charge in [-0.1, -0.05) is 0 Å². The van der Waals surface area contributed by atoms with E-state index in [2.05, 4.69) is 4.98 Å². The van der Waals surface area contributed by atoms with Crippen LogP contribution in [0.25, 0.3) is 0 Å². The molecule has 0 bridgehead atoms.